The molecule has 3 aromatic heterocycles. The first-order valence-electron chi connectivity index (χ1n) is 5.90. The van der Waals surface area contributed by atoms with Crippen molar-refractivity contribution in [2.24, 2.45) is 0 Å². The van der Waals surface area contributed by atoms with Crippen LogP contribution in [0.15, 0.2) is 29.2 Å². The standard InChI is InChI=1S/C13H15N3S2/c1-9-3-5-17-12(9)11(14-2)7-10-8-16-4-6-18-13(16)15-10/h3-6,8,11,14H,7H2,1-2H3. The van der Waals surface area contributed by atoms with Gasteiger partial charge in [0.25, 0.3) is 0 Å². The van der Waals surface area contributed by atoms with E-state index in [1.807, 2.05) is 18.4 Å². The largest absolute Gasteiger partial charge is 0.312 e. The number of thiazole rings is 1. The third kappa shape index (κ3) is 2.09. The van der Waals surface area contributed by atoms with Crippen LogP contribution in [-0.2, 0) is 6.42 Å². The number of fused-ring (bicyclic) bond motifs is 1. The number of likely N-dealkylation sites (N-methyl/N-ethyl adjacent to an activating group) is 1. The lowest BCUT2D eigenvalue weighted by molar-refractivity contribution is 0.593. The van der Waals surface area contributed by atoms with Crippen LogP contribution in [0.1, 0.15) is 22.2 Å². The van der Waals surface area contributed by atoms with Crippen molar-refractivity contribution >= 4 is 27.6 Å². The van der Waals surface area contributed by atoms with Crippen LogP contribution in [0, 0.1) is 6.92 Å². The molecule has 0 bridgehead atoms. The van der Waals surface area contributed by atoms with E-state index in [1.54, 1.807) is 11.3 Å². The zero-order chi connectivity index (χ0) is 12.5. The second kappa shape index (κ2) is 4.84. The fraction of sp³-hybridized carbons (Fsp3) is 0.308. The van der Waals surface area contributed by atoms with Gasteiger partial charge in [-0.3, -0.25) is 4.40 Å². The SMILES string of the molecule is CNC(Cc1cn2ccsc2n1)c1sccc1C. The number of nitrogens with zero attached hydrogens (tertiary/aromatic N) is 2. The minimum absolute atomic E-state index is 0.356. The molecule has 1 unspecified atom stereocenters. The number of hydrogen-bond acceptors (Lipinski definition) is 4. The van der Waals surface area contributed by atoms with Crippen LogP contribution in [0.5, 0.6) is 0 Å². The third-order valence-corrected chi connectivity index (χ3v) is 5.03. The Balaban J connectivity index is 1.86. The van der Waals surface area contributed by atoms with E-state index in [0.29, 0.717) is 6.04 Å². The molecule has 0 saturated carbocycles. The maximum absolute atomic E-state index is 4.65. The summed E-state index contributed by atoms with van der Waals surface area (Å²) in [6, 6.07) is 2.53. The Bertz CT molecular complexity index is 621. The molecule has 0 amide bonds. The summed E-state index contributed by atoms with van der Waals surface area (Å²) in [5, 5.41) is 7.61. The average molecular weight is 277 g/mol. The molecule has 3 rings (SSSR count). The van der Waals surface area contributed by atoms with Gasteiger partial charge in [0.05, 0.1) is 5.69 Å². The number of aromatic nitrogens is 2. The van der Waals surface area contributed by atoms with Crippen LogP contribution in [-0.4, -0.2) is 16.4 Å². The second-order valence-electron chi connectivity index (χ2n) is 4.34. The zero-order valence-corrected chi connectivity index (χ0v) is 12.0. The molecule has 3 heterocycles. The minimum Gasteiger partial charge on any atom is -0.312 e. The van der Waals surface area contributed by atoms with Crippen LogP contribution in [0.3, 0.4) is 0 Å². The van der Waals surface area contributed by atoms with Gasteiger partial charge in [0, 0.05) is 35.1 Å². The molecule has 0 aliphatic heterocycles. The van der Waals surface area contributed by atoms with E-state index >= 15 is 0 Å². The number of hydrogen-bond donors (Lipinski definition) is 1. The first-order valence-corrected chi connectivity index (χ1v) is 7.66. The summed E-state index contributed by atoms with van der Waals surface area (Å²) in [5.74, 6) is 0. The van der Waals surface area contributed by atoms with E-state index in [4.69, 9.17) is 0 Å². The molecule has 5 heteroatoms. The molecule has 0 aromatic carbocycles. The Kier molecular flexibility index (Phi) is 3.20. The summed E-state index contributed by atoms with van der Waals surface area (Å²) < 4.78 is 2.09. The summed E-state index contributed by atoms with van der Waals surface area (Å²) in [4.78, 5) is 7.13. The normalized spacial score (nSPS) is 13.2. The summed E-state index contributed by atoms with van der Waals surface area (Å²) >= 11 is 3.49. The maximum Gasteiger partial charge on any atom is 0.193 e. The van der Waals surface area contributed by atoms with Crippen LogP contribution in [0.25, 0.3) is 4.96 Å². The van der Waals surface area contributed by atoms with Crippen LogP contribution < -0.4 is 5.32 Å². The van der Waals surface area contributed by atoms with Gasteiger partial charge in [0.15, 0.2) is 4.96 Å². The quantitative estimate of drug-likeness (QED) is 0.793. The highest BCUT2D eigenvalue weighted by Gasteiger charge is 2.15. The lowest BCUT2D eigenvalue weighted by Crippen LogP contribution is -2.18. The molecule has 0 spiro atoms. The Morgan fingerprint density at radius 2 is 2.28 bits per heavy atom. The average Bonchev–Trinajstić information content (AvgIpc) is 3.01. The van der Waals surface area contributed by atoms with E-state index in [9.17, 15) is 0 Å². The second-order valence-corrected chi connectivity index (χ2v) is 6.16. The highest BCUT2D eigenvalue weighted by atomic mass is 32.1. The van der Waals surface area contributed by atoms with Gasteiger partial charge < -0.3 is 5.32 Å². The first-order chi connectivity index (χ1) is 8.78. The molecule has 0 fully saturated rings. The van der Waals surface area contributed by atoms with E-state index in [-0.39, 0.29) is 0 Å². The predicted molar refractivity (Wildman–Crippen MR) is 77.6 cm³/mol. The molecule has 0 aliphatic rings. The number of rotatable bonds is 4. The summed E-state index contributed by atoms with van der Waals surface area (Å²) in [6.07, 6.45) is 5.12. The van der Waals surface area contributed by atoms with Crippen molar-refractivity contribution in [3.63, 3.8) is 0 Å². The summed E-state index contributed by atoms with van der Waals surface area (Å²) in [5.41, 5.74) is 2.51. The molecule has 3 nitrogen and oxygen atoms in total. The lowest BCUT2D eigenvalue weighted by atomic mass is 10.1. The molecule has 3 aromatic rings. The van der Waals surface area contributed by atoms with Crippen molar-refractivity contribution in [2.75, 3.05) is 7.05 Å². The highest BCUT2D eigenvalue weighted by molar-refractivity contribution is 7.15. The van der Waals surface area contributed by atoms with Gasteiger partial charge >= 0.3 is 0 Å². The number of nitrogens with one attached hydrogen (secondary N) is 1. The third-order valence-electron chi connectivity index (χ3n) is 3.12. The fourth-order valence-corrected chi connectivity index (χ4v) is 3.91. The lowest BCUT2D eigenvalue weighted by Gasteiger charge is -2.14. The molecule has 1 N–H and O–H groups in total. The maximum atomic E-state index is 4.65. The van der Waals surface area contributed by atoms with Gasteiger partial charge in [0.2, 0.25) is 0 Å². The number of aryl methyl sites for hydroxylation is 1. The van der Waals surface area contributed by atoms with Crippen molar-refractivity contribution in [3.8, 4) is 0 Å². The van der Waals surface area contributed by atoms with Gasteiger partial charge in [0.1, 0.15) is 0 Å². The van der Waals surface area contributed by atoms with Crippen molar-refractivity contribution in [2.45, 2.75) is 19.4 Å². The van der Waals surface area contributed by atoms with Crippen molar-refractivity contribution in [1.29, 1.82) is 0 Å². The summed E-state index contributed by atoms with van der Waals surface area (Å²) in [7, 11) is 2.02. The monoisotopic (exact) mass is 277 g/mol. The van der Waals surface area contributed by atoms with E-state index in [1.165, 1.54) is 10.4 Å². The van der Waals surface area contributed by atoms with Gasteiger partial charge in [-0.1, -0.05) is 0 Å². The number of thiophene rings is 1. The Hall–Kier alpha value is -1.17. The van der Waals surface area contributed by atoms with Crippen LogP contribution in [0.4, 0.5) is 0 Å². The van der Waals surface area contributed by atoms with Gasteiger partial charge in [-0.2, -0.15) is 0 Å². The van der Waals surface area contributed by atoms with Gasteiger partial charge in [-0.05, 0) is 31.0 Å². The molecule has 0 radical (unpaired) electrons. The van der Waals surface area contributed by atoms with Crippen LogP contribution in [0.2, 0.25) is 0 Å². The Morgan fingerprint density at radius 1 is 1.39 bits per heavy atom. The number of imidazole rings is 1. The predicted octanol–water partition coefficient (Wildman–Crippen LogP) is 3.27. The molecule has 0 aliphatic carbocycles. The van der Waals surface area contributed by atoms with Crippen LogP contribution >= 0.6 is 22.7 Å². The van der Waals surface area contributed by atoms with Gasteiger partial charge in [-0.25, -0.2) is 4.98 Å². The fourth-order valence-electron chi connectivity index (χ4n) is 2.15. The Labute approximate surface area is 114 Å². The minimum atomic E-state index is 0.356. The topological polar surface area (TPSA) is 29.3 Å². The molecular weight excluding hydrogens is 262 g/mol. The van der Waals surface area contributed by atoms with Gasteiger partial charge in [-0.15, -0.1) is 22.7 Å². The van der Waals surface area contributed by atoms with E-state index < -0.39 is 0 Å². The van der Waals surface area contributed by atoms with E-state index in [2.05, 4.69) is 50.8 Å². The molecule has 18 heavy (non-hydrogen) atoms. The van der Waals surface area contributed by atoms with Crippen molar-refractivity contribution in [1.82, 2.24) is 14.7 Å². The summed E-state index contributed by atoms with van der Waals surface area (Å²) in [6.45, 7) is 2.17. The highest BCUT2D eigenvalue weighted by Crippen LogP contribution is 2.26. The van der Waals surface area contributed by atoms with Crippen molar-refractivity contribution < 1.29 is 0 Å². The Morgan fingerprint density at radius 3 is 2.94 bits per heavy atom. The zero-order valence-electron chi connectivity index (χ0n) is 10.4. The first kappa shape index (κ1) is 11.9. The molecular formula is C13H15N3S2. The van der Waals surface area contributed by atoms with E-state index in [0.717, 1.165) is 17.1 Å². The smallest absolute Gasteiger partial charge is 0.193 e. The molecule has 94 valence electrons. The van der Waals surface area contributed by atoms with Crippen molar-refractivity contribution in [3.05, 3.63) is 45.4 Å². The molecule has 1 atom stereocenters. The molecule has 0 saturated heterocycles.